The van der Waals surface area contributed by atoms with E-state index < -0.39 is 0 Å². The molecule has 1 aliphatic rings. The molecular formula is C14H10N2O2. The zero-order chi connectivity index (χ0) is 11.9. The quantitative estimate of drug-likeness (QED) is 0.709. The lowest BCUT2D eigenvalue weighted by Gasteiger charge is -2.04. The van der Waals surface area contributed by atoms with Crippen LogP contribution >= 0.6 is 0 Å². The van der Waals surface area contributed by atoms with Crippen LogP contribution in [0.4, 0.5) is 0 Å². The first-order chi connectivity index (χ1) is 8.92. The summed E-state index contributed by atoms with van der Waals surface area (Å²) in [6.07, 6.45) is 3.70. The summed E-state index contributed by atoms with van der Waals surface area (Å²) in [5.74, 6) is 1.60. The Kier molecular flexibility index (Phi) is 1.85. The van der Waals surface area contributed by atoms with Gasteiger partial charge in [-0.3, -0.25) is 0 Å². The third-order valence-electron chi connectivity index (χ3n) is 3.14. The summed E-state index contributed by atoms with van der Waals surface area (Å²) < 4.78 is 10.7. The van der Waals surface area contributed by atoms with Gasteiger partial charge in [0.15, 0.2) is 11.5 Å². The molecular weight excluding hydrogens is 228 g/mol. The summed E-state index contributed by atoms with van der Waals surface area (Å²) in [5, 5.41) is 1.11. The smallest absolute Gasteiger partial charge is 0.231 e. The van der Waals surface area contributed by atoms with Gasteiger partial charge in [-0.2, -0.15) is 0 Å². The van der Waals surface area contributed by atoms with Gasteiger partial charge >= 0.3 is 0 Å². The number of pyridine rings is 1. The number of H-pyrrole nitrogens is 1. The van der Waals surface area contributed by atoms with Crippen molar-refractivity contribution in [2.75, 3.05) is 6.79 Å². The number of aromatic nitrogens is 2. The minimum absolute atomic E-state index is 0.300. The van der Waals surface area contributed by atoms with Crippen molar-refractivity contribution in [2.24, 2.45) is 0 Å². The van der Waals surface area contributed by atoms with Crippen LogP contribution in [0.25, 0.3) is 22.2 Å². The molecule has 18 heavy (non-hydrogen) atoms. The normalized spacial score (nSPS) is 13.1. The Morgan fingerprint density at radius 1 is 1.06 bits per heavy atom. The van der Waals surface area contributed by atoms with Crippen LogP contribution in [0.15, 0.2) is 42.7 Å². The Labute approximate surface area is 103 Å². The number of rotatable bonds is 1. The predicted octanol–water partition coefficient (Wildman–Crippen LogP) is 2.96. The van der Waals surface area contributed by atoms with Gasteiger partial charge in [0.25, 0.3) is 0 Å². The van der Waals surface area contributed by atoms with Gasteiger partial charge < -0.3 is 14.5 Å². The molecule has 3 aromatic rings. The molecule has 0 unspecified atom stereocenters. The highest BCUT2D eigenvalue weighted by Crippen LogP contribution is 2.37. The monoisotopic (exact) mass is 238 g/mol. The zero-order valence-electron chi connectivity index (χ0n) is 9.51. The van der Waals surface area contributed by atoms with Crippen LogP contribution in [0.5, 0.6) is 11.5 Å². The number of hydrogen-bond donors (Lipinski definition) is 1. The van der Waals surface area contributed by atoms with Gasteiger partial charge in [0.2, 0.25) is 6.79 Å². The molecule has 3 heterocycles. The maximum atomic E-state index is 5.41. The Hall–Kier alpha value is -2.49. The van der Waals surface area contributed by atoms with Gasteiger partial charge in [0.1, 0.15) is 5.65 Å². The van der Waals surface area contributed by atoms with Crippen LogP contribution in [-0.4, -0.2) is 16.8 Å². The van der Waals surface area contributed by atoms with E-state index in [2.05, 4.69) is 9.97 Å². The summed E-state index contributed by atoms with van der Waals surface area (Å²) >= 11 is 0. The Morgan fingerprint density at radius 3 is 3.00 bits per heavy atom. The van der Waals surface area contributed by atoms with Crippen molar-refractivity contribution in [1.29, 1.82) is 0 Å². The Balaban J connectivity index is 1.94. The molecule has 2 aromatic heterocycles. The number of nitrogens with zero attached hydrogens (tertiary/aromatic N) is 1. The van der Waals surface area contributed by atoms with E-state index in [1.54, 1.807) is 6.20 Å². The summed E-state index contributed by atoms with van der Waals surface area (Å²) in [5.41, 5.74) is 3.14. The van der Waals surface area contributed by atoms with Gasteiger partial charge in [-0.05, 0) is 35.4 Å². The summed E-state index contributed by atoms with van der Waals surface area (Å²) in [6, 6.07) is 10.0. The van der Waals surface area contributed by atoms with E-state index in [1.165, 1.54) is 0 Å². The van der Waals surface area contributed by atoms with Crippen molar-refractivity contribution >= 4 is 11.0 Å². The number of benzene rings is 1. The van der Waals surface area contributed by atoms with Crippen molar-refractivity contribution in [1.82, 2.24) is 9.97 Å². The fourth-order valence-electron chi connectivity index (χ4n) is 2.28. The van der Waals surface area contributed by atoms with Crippen LogP contribution in [0.1, 0.15) is 0 Å². The number of ether oxygens (including phenoxy) is 2. The van der Waals surface area contributed by atoms with Gasteiger partial charge in [-0.25, -0.2) is 4.98 Å². The third kappa shape index (κ3) is 1.29. The first kappa shape index (κ1) is 9.53. The topological polar surface area (TPSA) is 47.1 Å². The third-order valence-corrected chi connectivity index (χ3v) is 3.14. The van der Waals surface area contributed by atoms with E-state index in [-0.39, 0.29) is 0 Å². The van der Waals surface area contributed by atoms with E-state index in [0.717, 1.165) is 33.7 Å². The molecule has 1 aromatic carbocycles. The van der Waals surface area contributed by atoms with Crippen molar-refractivity contribution in [3.8, 4) is 22.6 Å². The molecule has 0 saturated heterocycles. The second-order valence-corrected chi connectivity index (χ2v) is 4.17. The average molecular weight is 238 g/mol. The van der Waals surface area contributed by atoms with E-state index in [4.69, 9.17) is 9.47 Å². The molecule has 88 valence electrons. The Morgan fingerprint density at radius 2 is 2.00 bits per heavy atom. The maximum Gasteiger partial charge on any atom is 0.231 e. The van der Waals surface area contributed by atoms with Crippen molar-refractivity contribution in [3.05, 3.63) is 42.7 Å². The highest BCUT2D eigenvalue weighted by Gasteiger charge is 2.14. The zero-order valence-corrected chi connectivity index (χ0v) is 9.51. The molecule has 0 atom stereocenters. The average Bonchev–Trinajstić information content (AvgIpc) is 3.05. The van der Waals surface area contributed by atoms with E-state index in [9.17, 15) is 0 Å². The van der Waals surface area contributed by atoms with E-state index in [1.807, 2.05) is 36.5 Å². The van der Waals surface area contributed by atoms with Crippen LogP contribution in [0.3, 0.4) is 0 Å². The van der Waals surface area contributed by atoms with E-state index >= 15 is 0 Å². The molecule has 4 heteroatoms. The SMILES string of the molecule is c1cc(-c2ccc3c(c2)OCO3)c2cc[nH]c2n1. The maximum absolute atomic E-state index is 5.41. The van der Waals surface area contributed by atoms with Crippen LogP contribution in [-0.2, 0) is 0 Å². The molecule has 4 rings (SSSR count). The molecule has 0 fully saturated rings. The first-order valence-electron chi connectivity index (χ1n) is 5.74. The fraction of sp³-hybridized carbons (Fsp3) is 0.0714. The largest absolute Gasteiger partial charge is 0.454 e. The lowest BCUT2D eigenvalue weighted by Crippen LogP contribution is -1.92. The lowest BCUT2D eigenvalue weighted by molar-refractivity contribution is 0.174. The molecule has 0 spiro atoms. The second kappa shape index (κ2) is 3.50. The lowest BCUT2D eigenvalue weighted by atomic mass is 10.0. The van der Waals surface area contributed by atoms with Gasteiger partial charge in [0, 0.05) is 17.8 Å². The molecule has 0 radical (unpaired) electrons. The minimum Gasteiger partial charge on any atom is -0.454 e. The standard InChI is InChI=1S/C14H10N2O2/c1-2-12-13(18-8-17-12)7-9(1)10-3-5-15-14-11(10)4-6-16-14/h1-7H,8H2,(H,15,16). The number of nitrogens with one attached hydrogen (secondary N) is 1. The highest BCUT2D eigenvalue weighted by molar-refractivity contribution is 5.93. The van der Waals surface area contributed by atoms with Gasteiger partial charge in [-0.1, -0.05) is 6.07 Å². The second-order valence-electron chi connectivity index (χ2n) is 4.17. The summed E-state index contributed by atoms with van der Waals surface area (Å²) in [4.78, 5) is 7.40. The van der Waals surface area contributed by atoms with Crippen LogP contribution in [0.2, 0.25) is 0 Å². The van der Waals surface area contributed by atoms with Crippen molar-refractivity contribution < 1.29 is 9.47 Å². The fourth-order valence-corrected chi connectivity index (χ4v) is 2.28. The van der Waals surface area contributed by atoms with Crippen LogP contribution in [0, 0.1) is 0 Å². The molecule has 1 aliphatic heterocycles. The van der Waals surface area contributed by atoms with E-state index in [0.29, 0.717) is 6.79 Å². The molecule has 0 amide bonds. The predicted molar refractivity (Wildman–Crippen MR) is 67.7 cm³/mol. The highest BCUT2D eigenvalue weighted by atomic mass is 16.7. The molecule has 4 nitrogen and oxygen atoms in total. The van der Waals surface area contributed by atoms with Gasteiger partial charge in [-0.15, -0.1) is 0 Å². The van der Waals surface area contributed by atoms with Crippen molar-refractivity contribution in [2.45, 2.75) is 0 Å². The first-order valence-corrected chi connectivity index (χ1v) is 5.74. The summed E-state index contributed by atoms with van der Waals surface area (Å²) in [7, 11) is 0. The number of hydrogen-bond acceptors (Lipinski definition) is 3. The molecule has 1 N–H and O–H groups in total. The Bertz CT molecular complexity index is 733. The van der Waals surface area contributed by atoms with Crippen LogP contribution < -0.4 is 9.47 Å². The van der Waals surface area contributed by atoms with Crippen molar-refractivity contribution in [3.63, 3.8) is 0 Å². The summed E-state index contributed by atoms with van der Waals surface area (Å²) in [6.45, 7) is 0.300. The molecule has 0 saturated carbocycles. The number of fused-ring (bicyclic) bond motifs is 2. The number of aromatic amines is 1. The molecule has 0 bridgehead atoms. The van der Waals surface area contributed by atoms with Gasteiger partial charge in [0.05, 0.1) is 0 Å². The minimum atomic E-state index is 0.300. The molecule has 0 aliphatic carbocycles.